The first-order chi connectivity index (χ1) is 12.0. The Hall–Kier alpha value is -3.59. The van der Waals surface area contributed by atoms with Crippen molar-refractivity contribution in [1.29, 1.82) is 5.26 Å². The molecule has 25 heavy (non-hydrogen) atoms. The molecule has 0 aliphatic rings. The van der Waals surface area contributed by atoms with Gasteiger partial charge >= 0.3 is 0 Å². The highest BCUT2D eigenvalue weighted by molar-refractivity contribution is 5.75. The van der Waals surface area contributed by atoms with Crippen molar-refractivity contribution >= 4 is 28.8 Å². The van der Waals surface area contributed by atoms with E-state index >= 15 is 0 Å². The van der Waals surface area contributed by atoms with Crippen molar-refractivity contribution in [3.63, 3.8) is 0 Å². The number of aryl methyl sites for hydroxylation is 2. The summed E-state index contributed by atoms with van der Waals surface area (Å²) < 4.78 is 0. The molecule has 124 valence electrons. The van der Waals surface area contributed by atoms with Crippen molar-refractivity contribution in [2.45, 2.75) is 13.8 Å². The predicted molar refractivity (Wildman–Crippen MR) is 100 cm³/mol. The van der Waals surface area contributed by atoms with E-state index < -0.39 is 0 Å². The third kappa shape index (κ3) is 3.85. The van der Waals surface area contributed by atoms with Crippen LogP contribution in [-0.2, 0) is 0 Å². The van der Waals surface area contributed by atoms with Crippen molar-refractivity contribution < 1.29 is 0 Å². The highest BCUT2D eigenvalue weighted by atomic mass is 15.1. The second kappa shape index (κ2) is 6.89. The van der Waals surface area contributed by atoms with Gasteiger partial charge in [-0.3, -0.25) is 0 Å². The third-order valence-electron chi connectivity index (χ3n) is 3.69. The van der Waals surface area contributed by atoms with E-state index in [4.69, 9.17) is 11.0 Å². The molecule has 1 aromatic heterocycles. The zero-order valence-electron chi connectivity index (χ0n) is 14.0. The number of nitrogens with two attached hydrogens (primary N) is 1. The van der Waals surface area contributed by atoms with Crippen molar-refractivity contribution in [2.75, 3.05) is 16.4 Å². The average Bonchev–Trinajstić information content (AvgIpc) is 2.59. The summed E-state index contributed by atoms with van der Waals surface area (Å²) >= 11 is 0. The Kier molecular flexibility index (Phi) is 4.48. The van der Waals surface area contributed by atoms with Gasteiger partial charge in [0.05, 0.1) is 23.0 Å². The molecule has 1 heterocycles. The lowest BCUT2D eigenvalue weighted by molar-refractivity contribution is 1.16. The molecule has 0 unspecified atom stereocenters. The quantitative estimate of drug-likeness (QED) is 0.624. The maximum absolute atomic E-state index is 8.84. The molecule has 6 nitrogen and oxygen atoms in total. The Morgan fingerprint density at radius 1 is 1.04 bits per heavy atom. The van der Waals surface area contributed by atoms with E-state index in [1.807, 2.05) is 32.0 Å². The van der Waals surface area contributed by atoms with Gasteiger partial charge in [-0.05, 0) is 61.4 Å². The van der Waals surface area contributed by atoms with Crippen LogP contribution in [0.2, 0.25) is 0 Å². The first-order valence-corrected chi connectivity index (χ1v) is 7.79. The Balaban J connectivity index is 1.81. The Morgan fingerprint density at radius 2 is 1.80 bits per heavy atom. The molecule has 0 saturated carbocycles. The summed E-state index contributed by atoms with van der Waals surface area (Å²) in [4.78, 5) is 8.68. The fourth-order valence-corrected chi connectivity index (χ4v) is 2.55. The molecule has 3 aromatic rings. The summed E-state index contributed by atoms with van der Waals surface area (Å²) in [6, 6.07) is 14.9. The van der Waals surface area contributed by atoms with Crippen LogP contribution in [0.1, 0.15) is 16.7 Å². The van der Waals surface area contributed by atoms with Crippen LogP contribution in [0, 0.1) is 25.2 Å². The number of nitriles is 1. The Labute approximate surface area is 146 Å². The maximum Gasteiger partial charge on any atom is 0.229 e. The summed E-state index contributed by atoms with van der Waals surface area (Å²) in [5, 5.41) is 15.2. The van der Waals surface area contributed by atoms with E-state index in [1.165, 1.54) is 0 Å². The Bertz CT molecular complexity index is 918. The summed E-state index contributed by atoms with van der Waals surface area (Å²) in [5.41, 5.74) is 11.2. The molecule has 0 bridgehead atoms. The lowest BCUT2D eigenvalue weighted by Crippen LogP contribution is -2.03. The van der Waals surface area contributed by atoms with Crippen LogP contribution < -0.4 is 16.4 Å². The van der Waals surface area contributed by atoms with Crippen LogP contribution in [0.3, 0.4) is 0 Å². The van der Waals surface area contributed by atoms with Crippen molar-refractivity contribution in [2.24, 2.45) is 0 Å². The minimum Gasteiger partial charge on any atom is -0.397 e. The summed E-state index contributed by atoms with van der Waals surface area (Å²) in [6.45, 7) is 4.01. The second-order valence-electron chi connectivity index (χ2n) is 5.75. The van der Waals surface area contributed by atoms with Gasteiger partial charge in [-0.25, -0.2) is 4.98 Å². The third-order valence-corrected chi connectivity index (χ3v) is 3.69. The van der Waals surface area contributed by atoms with Gasteiger partial charge in [0.25, 0.3) is 0 Å². The number of nitrogens with zero attached hydrogens (tertiary/aromatic N) is 3. The fourth-order valence-electron chi connectivity index (χ4n) is 2.55. The van der Waals surface area contributed by atoms with Crippen LogP contribution >= 0.6 is 0 Å². The van der Waals surface area contributed by atoms with Gasteiger partial charge in [-0.1, -0.05) is 6.07 Å². The minimum atomic E-state index is 0.457. The number of hydrogen-bond donors (Lipinski definition) is 3. The van der Waals surface area contributed by atoms with Crippen LogP contribution in [0.25, 0.3) is 0 Å². The number of nitrogens with one attached hydrogen (secondary N) is 2. The summed E-state index contributed by atoms with van der Waals surface area (Å²) in [6.07, 6.45) is 1.67. The zero-order valence-corrected chi connectivity index (χ0v) is 14.0. The van der Waals surface area contributed by atoms with Gasteiger partial charge < -0.3 is 16.4 Å². The fraction of sp³-hybridized carbons (Fsp3) is 0.105. The van der Waals surface area contributed by atoms with Crippen molar-refractivity contribution in [1.82, 2.24) is 9.97 Å². The molecule has 2 aromatic carbocycles. The molecule has 0 amide bonds. The van der Waals surface area contributed by atoms with Crippen LogP contribution in [0.5, 0.6) is 0 Å². The first-order valence-electron chi connectivity index (χ1n) is 7.79. The van der Waals surface area contributed by atoms with Crippen molar-refractivity contribution in [3.05, 3.63) is 65.4 Å². The van der Waals surface area contributed by atoms with E-state index in [-0.39, 0.29) is 0 Å². The van der Waals surface area contributed by atoms with Gasteiger partial charge in [-0.15, -0.1) is 0 Å². The monoisotopic (exact) mass is 330 g/mol. The normalized spacial score (nSPS) is 10.1. The van der Waals surface area contributed by atoms with E-state index in [0.29, 0.717) is 23.0 Å². The molecule has 0 fully saturated rings. The van der Waals surface area contributed by atoms with Crippen molar-refractivity contribution in [3.8, 4) is 6.07 Å². The van der Waals surface area contributed by atoms with Gasteiger partial charge in [0.15, 0.2) is 0 Å². The average molecular weight is 330 g/mol. The highest BCUT2D eigenvalue weighted by Gasteiger charge is 2.07. The highest BCUT2D eigenvalue weighted by Crippen LogP contribution is 2.28. The van der Waals surface area contributed by atoms with E-state index in [2.05, 4.69) is 32.7 Å². The molecule has 4 N–H and O–H groups in total. The molecular formula is C19H18N6. The number of nitrogen functional groups attached to an aromatic ring is 1. The summed E-state index contributed by atoms with van der Waals surface area (Å²) in [7, 11) is 0. The molecular weight excluding hydrogens is 312 g/mol. The van der Waals surface area contributed by atoms with Crippen LogP contribution in [0.4, 0.5) is 28.8 Å². The molecule has 0 saturated heterocycles. The molecule has 0 spiro atoms. The second-order valence-corrected chi connectivity index (χ2v) is 5.75. The first kappa shape index (κ1) is 16.3. The molecule has 3 rings (SSSR count). The van der Waals surface area contributed by atoms with Gasteiger partial charge in [0, 0.05) is 11.9 Å². The molecule has 6 heteroatoms. The number of rotatable bonds is 4. The zero-order chi connectivity index (χ0) is 17.8. The maximum atomic E-state index is 8.84. The van der Waals surface area contributed by atoms with Crippen LogP contribution in [-0.4, -0.2) is 9.97 Å². The summed E-state index contributed by atoms with van der Waals surface area (Å²) in [5.74, 6) is 1.10. The van der Waals surface area contributed by atoms with E-state index in [0.717, 1.165) is 22.5 Å². The van der Waals surface area contributed by atoms with Crippen LogP contribution in [0.15, 0.2) is 48.7 Å². The predicted octanol–water partition coefficient (Wildman–Crippen LogP) is 4.03. The SMILES string of the molecule is Cc1cc(C)c(Nc2ccnc(Nc3ccc(C#N)cc3)n2)c(N)c1. The largest absolute Gasteiger partial charge is 0.397 e. The number of anilines is 5. The molecule has 0 aliphatic heterocycles. The number of aromatic nitrogens is 2. The number of hydrogen-bond acceptors (Lipinski definition) is 6. The van der Waals surface area contributed by atoms with Gasteiger partial charge in [0.1, 0.15) is 5.82 Å². The Morgan fingerprint density at radius 3 is 2.48 bits per heavy atom. The van der Waals surface area contributed by atoms with E-state index in [1.54, 1.807) is 24.4 Å². The number of benzene rings is 2. The van der Waals surface area contributed by atoms with Gasteiger partial charge in [0.2, 0.25) is 5.95 Å². The molecule has 0 aliphatic carbocycles. The van der Waals surface area contributed by atoms with E-state index in [9.17, 15) is 0 Å². The lowest BCUT2D eigenvalue weighted by Gasteiger charge is -2.13. The molecule has 0 radical (unpaired) electrons. The minimum absolute atomic E-state index is 0.457. The van der Waals surface area contributed by atoms with Gasteiger partial charge in [-0.2, -0.15) is 10.2 Å². The lowest BCUT2D eigenvalue weighted by atomic mass is 10.1. The molecule has 0 atom stereocenters. The smallest absolute Gasteiger partial charge is 0.229 e. The topological polar surface area (TPSA) is 99.6 Å². The standard InChI is InChI=1S/C19H18N6/c1-12-9-13(2)18(16(21)10-12)24-17-7-8-22-19(25-17)23-15-5-3-14(11-20)4-6-15/h3-10H,21H2,1-2H3,(H2,22,23,24,25).